The molecule has 0 spiro atoms. The van der Waals surface area contributed by atoms with Crippen molar-refractivity contribution >= 4 is 53.4 Å². The van der Waals surface area contributed by atoms with Crippen molar-refractivity contribution in [3.63, 3.8) is 0 Å². The van der Waals surface area contributed by atoms with Crippen LogP contribution in [0.2, 0.25) is 10.0 Å². The average molecular weight is 479 g/mol. The highest BCUT2D eigenvalue weighted by molar-refractivity contribution is 7.80. The van der Waals surface area contributed by atoms with E-state index in [1.54, 1.807) is 24.4 Å². The van der Waals surface area contributed by atoms with E-state index < -0.39 is 11.4 Å². The summed E-state index contributed by atoms with van der Waals surface area (Å²) >= 11 is 15.4. The second kappa shape index (κ2) is 10.9. The van der Waals surface area contributed by atoms with Crippen molar-refractivity contribution in [2.45, 2.75) is 43.4 Å². The molecule has 0 aliphatic heterocycles. The number of carboxylic acid groups (broad SMARTS) is 1. The summed E-state index contributed by atoms with van der Waals surface area (Å²) in [5.41, 5.74) is 0.159. The van der Waals surface area contributed by atoms with Gasteiger partial charge in [0.15, 0.2) is 0 Å². The van der Waals surface area contributed by atoms with Crippen LogP contribution in [-0.2, 0) is 11.2 Å². The number of aromatic nitrogens is 3. The number of halogens is 2. The third-order valence-corrected chi connectivity index (χ3v) is 6.61. The number of aromatic amines is 1. The number of aliphatic carboxylic acids is 1. The van der Waals surface area contributed by atoms with Crippen LogP contribution < -0.4 is 5.32 Å². The molecule has 0 amide bonds. The monoisotopic (exact) mass is 478 g/mol. The molecule has 1 saturated carbocycles. The van der Waals surface area contributed by atoms with Crippen molar-refractivity contribution in [2.75, 3.05) is 5.32 Å². The van der Waals surface area contributed by atoms with Crippen LogP contribution >= 0.6 is 35.8 Å². The molecule has 31 heavy (non-hydrogen) atoms. The van der Waals surface area contributed by atoms with Crippen LogP contribution in [0.1, 0.15) is 37.8 Å². The summed E-state index contributed by atoms with van der Waals surface area (Å²) in [5, 5.41) is 20.6. The van der Waals surface area contributed by atoms with E-state index in [4.69, 9.17) is 23.2 Å². The quantitative estimate of drug-likeness (QED) is 0.318. The van der Waals surface area contributed by atoms with Gasteiger partial charge in [-0.3, -0.25) is 9.89 Å². The van der Waals surface area contributed by atoms with E-state index in [9.17, 15) is 9.90 Å². The Morgan fingerprint density at radius 3 is 2.48 bits per heavy atom. The third kappa shape index (κ3) is 6.38. The van der Waals surface area contributed by atoms with E-state index in [1.165, 1.54) is 0 Å². The summed E-state index contributed by atoms with van der Waals surface area (Å²) in [6.45, 7) is 0. The zero-order chi connectivity index (χ0) is 22.3. The Bertz CT molecular complexity index is 988. The summed E-state index contributed by atoms with van der Waals surface area (Å²) in [6.07, 6.45) is 6.72. The van der Waals surface area contributed by atoms with Gasteiger partial charge in [-0.25, -0.2) is 4.98 Å². The number of hydrogen-bond acceptors (Lipinski definition) is 5. The van der Waals surface area contributed by atoms with Crippen molar-refractivity contribution in [1.82, 2.24) is 15.2 Å². The molecule has 4 rings (SSSR count). The number of carbonyl (C=O) groups is 1. The first-order chi connectivity index (χ1) is 14.9. The van der Waals surface area contributed by atoms with Gasteiger partial charge in [0.05, 0.1) is 21.7 Å². The minimum absolute atomic E-state index is 0.487. The van der Waals surface area contributed by atoms with Crippen LogP contribution in [0.15, 0.2) is 53.6 Å². The van der Waals surface area contributed by atoms with E-state index in [-0.39, 0.29) is 0 Å². The molecule has 2 aromatic heterocycles. The maximum Gasteiger partial charge on any atom is 0.310 e. The Morgan fingerprint density at radius 1 is 1.13 bits per heavy atom. The lowest BCUT2D eigenvalue weighted by molar-refractivity contribution is -0.151. The molecule has 1 aromatic carbocycles. The molecule has 0 unspecified atom stereocenters. The number of carboxylic acids is 1. The predicted octanol–water partition coefficient (Wildman–Crippen LogP) is 6.41. The first kappa shape index (κ1) is 23.4. The standard InChI is InChI=1S/C16H20N4O2.C6H4Cl2S/c21-15(22)16(8-2-1-3-9-16)11-12-5-4-6-13(18-12)19-14-7-10-17-20-14;7-4-2-1-3-5(9)6(4)8/h4-7,10H,1-3,8-9,11H2,(H,21,22)(H2,17,18,19,20);1-3,9H. The number of benzene rings is 1. The summed E-state index contributed by atoms with van der Waals surface area (Å²) in [4.78, 5) is 17.0. The van der Waals surface area contributed by atoms with Crippen LogP contribution in [0, 0.1) is 5.41 Å². The van der Waals surface area contributed by atoms with Gasteiger partial charge < -0.3 is 10.4 Å². The molecule has 9 heteroatoms. The van der Waals surface area contributed by atoms with Crippen LogP contribution in [0.25, 0.3) is 0 Å². The van der Waals surface area contributed by atoms with Gasteiger partial charge in [0.1, 0.15) is 11.6 Å². The van der Waals surface area contributed by atoms with E-state index in [2.05, 4.69) is 33.1 Å². The molecule has 0 radical (unpaired) electrons. The number of thiol groups is 1. The smallest absolute Gasteiger partial charge is 0.310 e. The Balaban J connectivity index is 0.000000254. The maximum absolute atomic E-state index is 11.8. The molecule has 164 valence electrons. The average Bonchev–Trinajstić information content (AvgIpc) is 3.26. The Labute approximate surface area is 196 Å². The van der Waals surface area contributed by atoms with Crippen LogP contribution in [-0.4, -0.2) is 26.3 Å². The molecular formula is C22H24Cl2N4O2S. The SMILES string of the molecule is O=C(O)C1(Cc2cccc(Nc3ccn[nH]3)n2)CCCCC1.Sc1cccc(Cl)c1Cl. The number of rotatable bonds is 5. The van der Waals surface area contributed by atoms with Gasteiger partial charge in [-0.05, 0) is 37.1 Å². The van der Waals surface area contributed by atoms with Gasteiger partial charge in [-0.2, -0.15) is 5.10 Å². The Hall–Kier alpha value is -2.22. The van der Waals surface area contributed by atoms with Crippen molar-refractivity contribution in [2.24, 2.45) is 5.41 Å². The number of hydrogen-bond donors (Lipinski definition) is 4. The second-order valence-corrected chi connectivity index (χ2v) is 8.77. The molecule has 3 aromatic rings. The maximum atomic E-state index is 11.8. The highest BCUT2D eigenvalue weighted by Gasteiger charge is 2.39. The molecule has 1 aliphatic carbocycles. The van der Waals surface area contributed by atoms with Crippen LogP contribution in [0.4, 0.5) is 11.6 Å². The van der Waals surface area contributed by atoms with Crippen molar-refractivity contribution in [3.05, 3.63) is 64.4 Å². The largest absolute Gasteiger partial charge is 0.481 e. The highest BCUT2D eigenvalue weighted by Crippen LogP contribution is 2.39. The Morgan fingerprint density at radius 2 is 1.87 bits per heavy atom. The van der Waals surface area contributed by atoms with E-state index in [0.29, 0.717) is 27.2 Å². The topological polar surface area (TPSA) is 90.9 Å². The fourth-order valence-electron chi connectivity index (χ4n) is 3.65. The zero-order valence-electron chi connectivity index (χ0n) is 16.8. The Kier molecular flexibility index (Phi) is 8.23. The third-order valence-electron chi connectivity index (χ3n) is 5.29. The predicted molar refractivity (Wildman–Crippen MR) is 127 cm³/mol. The van der Waals surface area contributed by atoms with Gasteiger partial charge in [0.2, 0.25) is 0 Å². The van der Waals surface area contributed by atoms with Gasteiger partial charge in [0.25, 0.3) is 0 Å². The number of pyridine rings is 1. The molecule has 2 heterocycles. The molecular weight excluding hydrogens is 455 g/mol. The van der Waals surface area contributed by atoms with Crippen LogP contribution in [0.5, 0.6) is 0 Å². The van der Waals surface area contributed by atoms with E-state index in [1.807, 2.05) is 24.3 Å². The number of nitrogens with one attached hydrogen (secondary N) is 2. The molecule has 0 bridgehead atoms. The van der Waals surface area contributed by atoms with Gasteiger partial charge in [0, 0.05) is 23.1 Å². The summed E-state index contributed by atoms with van der Waals surface area (Å²) < 4.78 is 0. The fourth-order valence-corrected chi connectivity index (χ4v) is 4.22. The lowest BCUT2D eigenvalue weighted by atomic mass is 9.71. The number of anilines is 2. The fraction of sp³-hybridized carbons (Fsp3) is 0.318. The first-order valence-electron chi connectivity index (χ1n) is 9.98. The summed E-state index contributed by atoms with van der Waals surface area (Å²) in [5.74, 6) is 0.759. The number of H-pyrrole nitrogens is 1. The van der Waals surface area contributed by atoms with Crippen molar-refractivity contribution in [3.8, 4) is 0 Å². The van der Waals surface area contributed by atoms with E-state index in [0.717, 1.165) is 43.6 Å². The number of nitrogens with zero attached hydrogens (tertiary/aromatic N) is 2. The summed E-state index contributed by atoms with van der Waals surface area (Å²) in [7, 11) is 0. The normalized spacial score (nSPS) is 14.9. The molecule has 0 saturated heterocycles. The van der Waals surface area contributed by atoms with Crippen molar-refractivity contribution in [1.29, 1.82) is 0 Å². The highest BCUT2D eigenvalue weighted by atomic mass is 35.5. The lowest BCUT2D eigenvalue weighted by Crippen LogP contribution is -2.35. The minimum atomic E-state index is -0.694. The molecule has 6 nitrogen and oxygen atoms in total. The van der Waals surface area contributed by atoms with Gasteiger partial charge >= 0.3 is 5.97 Å². The molecule has 1 aliphatic rings. The lowest BCUT2D eigenvalue weighted by Gasteiger charge is -2.32. The molecule has 1 fully saturated rings. The van der Waals surface area contributed by atoms with Gasteiger partial charge in [-0.1, -0.05) is 54.6 Å². The molecule has 3 N–H and O–H groups in total. The van der Waals surface area contributed by atoms with Crippen molar-refractivity contribution < 1.29 is 9.90 Å². The van der Waals surface area contributed by atoms with E-state index >= 15 is 0 Å². The van der Waals surface area contributed by atoms with Gasteiger partial charge in [-0.15, -0.1) is 12.6 Å². The molecule has 0 atom stereocenters. The first-order valence-corrected chi connectivity index (χ1v) is 11.2. The zero-order valence-corrected chi connectivity index (χ0v) is 19.2. The summed E-state index contributed by atoms with van der Waals surface area (Å²) in [6, 6.07) is 12.8. The van der Waals surface area contributed by atoms with Crippen LogP contribution in [0.3, 0.4) is 0 Å². The second-order valence-electron chi connectivity index (χ2n) is 7.51. The minimum Gasteiger partial charge on any atom is -0.481 e.